The summed E-state index contributed by atoms with van der Waals surface area (Å²) in [4.78, 5) is 22.3. The van der Waals surface area contributed by atoms with E-state index in [9.17, 15) is 4.79 Å². The van der Waals surface area contributed by atoms with Gasteiger partial charge in [-0.15, -0.1) is 0 Å². The van der Waals surface area contributed by atoms with Gasteiger partial charge < -0.3 is 20.9 Å². The number of anilines is 1. The van der Waals surface area contributed by atoms with Crippen molar-refractivity contribution < 1.29 is 4.79 Å². The third-order valence-corrected chi connectivity index (χ3v) is 5.54. The topological polar surface area (TPSA) is 111 Å². The van der Waals surface area contributed by atoms with Crippen LogP contribution in [0.1, 0.15) is 42.3 Å². The summed E-state index contributed by atoms with van der Waals surface area (Å²) in [7, 11) is 0. The van der Waals surface area contributed by atoms with Gasteiger partial charge in [-0.3, -0.25) is 4.79 Å². The van der Waals surface area contributed by atoms with Crippen LogP contribution in [0.25, 0.3) is 11.0 Å². The smallest absolute Gasteiger partial charge is 0.224 e. The summed E-state index contributed by atoms with van der Waals surface area (Å²) in [5.41, 5.74) is 10.7. The van der Waals surface area contributed by atoms with Crippen LogP contribution in [0.5, 0.6) is 0 Å². The van der Waals surface area contributed by atoms with Crippen molar-refractivity contribution in [2.24, 2.45) is 5.73 Å². The number of hydrogen-bond acceptors (Lipinski definition) is 5. The lowest BCUT2D eigenvalue weighted by Gasteiger charge is -2.18. The fraction of sp³-hybridized carbons (Fsp3) is 0.348. The van der Waals surface area contributed by atoms with Gasteiger partial charge in [-0.1, -0.05) is 6.07 Å². The number of amides is 1. The Morgan fingerprint density at radius 3 is 2.73 bits per heavy atom. The van der Waals surface area contributed by atoms with Crippen LogP contribution < -0.4 is 11.1 Å². The summed E-state index contributed by atoms with van der Waals surface area (Å²) in [5, 5.41) is 12.2. The van der Waals surface area contributed by atoms with Gasteiger partial charge in [0.25, 0.3) is 0 Å². The Bertz CT molecular complexity index is 1060. The normalized spacial score (nSPS) is 14.6. The molecule has 1 amide bonds. The number of hydrogen-bond donors (Lipinski definition) is 3. The molecule has 0 aliphatic carbocycles. The number of likely N-dealkylation sites (tertiary alicyclic amines) is 1. The van der Waals surface area contributed by atoms with Crippen molar-refractivity contribution in [1.82, 2.24) is 14.9 Å². The van der Waals surface area contributed by atoms with Gasteiger partial charge in [-0.25, -0.2) is 4.98 Å². The van der Waals surface area contributed by atoms with Gasteiger partial charge in [0.05, 0.1) is 22.7 Å². The quantitative estimate of drug-likeness (QED) is 0.562. The molecule has 4 rings (SSSR count). The van der Waals surface area contributed by atoms with E-state index in [0.29, 0.717) is 12.0 Å². The third-order valence-electron chi connectivity index (χ3n) is 5.54. The lowest BCUT2D eigenvalue weighted by Crippen LogP contribution is -2.30. The minimum absolute atomic E-state index is 0.138. The number of nitrogens with one attached hydrogen (secondary N) is 2. The maximum atomic E-state index is 12.4. The Hall–Kier alpha value is -3.37. The van der Waals surface area contributed by atoms with Gasteiger partial charge in [-0.2, -0.15) is 5.26 Å². The van der Waals surface area contributed by atoms with E-state index in [4.69, 9.17) is 11.0 Å². The van der Waals surface area contributed by atoms with E-state index in [-0.39, 0.29) is 11.9 Å². The molecule has 1 aliphatic heterocycles. The molecule has 0 bridgehead atoms. The Balaban J connectivity index is 1.35. The summed E-state index contributed by atoms with van der Waals surface area (Å²) in [6.07, 6.45) is 3.25. The number of nitriles is 1. The maximum Gasteiger partial charge on any atom is 0.224 e. The van der Waals surface area contributed by atoms with E-state index < -0.39 is 0 Å². The number of carbonyl (C=O) groups excluding carboxylic acids is 1. The largest absolute Gasteiger partial charge is 0.385 e. The van der Waals surface area contributed by atoms with Crippen LogP contribution >= 0.6 is 0 Å². The van der Waals surface area contributed by atoms with Gasteiger partial charge in [0, 0.05) is 44.2 Å². The first-order valence-corrected chi connectivity index (χ1v) is 10.4. The molecule has 1 fully saturated rings. The van der Waals surface area contributed by atoms with Crippen molar-refractivity contribution in [3.8, 4) is 6.07 Å². The Kier molecular flexibility index (Phi) is 5.96. The summed E-state index contributed by atoms with van der Waals surface area (Å²) >= 11 is 0. The number of nitrogens with two attached hydrogens (primary N) is 1. The minimum atomic E-state index is -0.313. The second-order valence-electron chi connectivity index (χ2n) is 7.72. The molecule has 4 N–H and O–H groups in total. The highest BCUT2D eigenvalue weighted by Crippen LogP contribution is 2.22. The van der Waals surface area contributed by atoms with Crippen LogP contribution in [-0.2, 0) is 11.2 Å². The number of fused-ring (bicyclic) bond motifs is 1. The molecular weight excluding hydrogens is 376 g/mol. The first kappa shape index (κ1) is 19.9. The first-order chi connectivity index (χ1) is 14.6. The van der Waals surface area contributed by atoms with Crippen molar-refractivity contribution in [2.45, 2.75) is 31.7 Å². The van der Waals surface area contributed by atoms with E-state index in [1.807, 2.05) is 35.2 Å². The highest BCUT2D eigenvalue weighted by Gasteiger charge is 2.21. The molecule has 7 nitrogen and oxygen atoms in total. The minimum Gasteiger partial charge on any atom is -0.385 e. The predicted octanol–water partition coefficient (Wildman–Crippen LogP) is 3.10. The molecule has 3 aromatic rings. The molecule has 1 saturated heterocycles. The SMILES string of the molecule is N#Cc1ccc(NCCc2nc3ccc(C(N)CC(=O)N4CCCC4)cc3[nH]2)cc1. The standard InChI is InChI=1S/C23H26N6O/c24-15-16-3-6-18(7-4-16)26-10-9-22-27-20-8-5-17(13-21(20)28-22)19(25)14-23(30)29-11-1-2-12-29/h3-8,13,19,26H,1-2,9-12,14,25H2,(H,27,28). The number of aromatic nitrogens is 2. The number of benzene rings is 2. The second kappa shape index (κ2) is 8.97. The highest BCUT2D eigenvalue weighted by atomic mass is 16.2. The molecule has 0 radical (unpaired) electrons. The van der Waals surface area contributed by atoms with Crippen molar-refractivity contribution in [1.29, 1.82) is 5.26 Å². The van der Waals surface area contributed by atoms with Gasteiger partial charge in [-0.05, 0) is 54.8 Å². The van der Waals surface area contributed by atoms with Crippen molar-refractivity contribution in [3.05, 3.63) is 59.4 Å². The zero-order valence-electron chi connectivity index (χ0n) is 16.9. The molecule has 1 aliphatic rings. The Morgan fingerprint density at radius 1 is 1.23 bits per heavy atom. The fourth-order valence-corrected chi connectivity index (χ4v) is 3.82. The summed E-state index contributed by atoms with van der Waals surface area (Å²) in [6, 6.07) is 15.1. The second-order valence-corrected chi connectivity index (χ2v) is 7.72. The number of rotatable bonds is 7. The molecule has 0 spiro atoms. The lowest BCUT2D eigenvalue weighted by molar-refractivity contribution is -0.130. The molecule has 7 heteroatoms. The van der Waals surface area contributed by atoms with Crippen molar-refractivity contribution in [2.75, 3.05) is 25.0 Å². The van der Waals surface area contributed by atoms with E-state index in [0.717, 1.165) is 67.0 Å². The van der Waals surface area contributed by atoms with E-state index in [2.05, 4.69) is 21.4 Å². The fourth-order valence-electron chi connectivity index (χ4n) is 3.82. The first-order valence-electron chi connectivity index (χ1n) is 10.4. The van der Waals surface area contributed by atoms with E-state index >= 15 is 0 Å². The zero-order chi connectivity index (χ0) is 20.9. The zero-order valence-corrected chi connectivity index (χ0v) is 16.9. The van der Waals surface area contributed by atoms with E-state index in [1.54, 1.807) is 12.1 Å². The molecule has 0 saturated carbocycles. The molecule has 1 atom stereocenters. The molecule has 1 unspecified atom stereocenters. The lowest BCUT2D eigenvalue weighted by atomic mass is 10.0. The molecule has 2 aromatic carbocycles. The molecule has 154 valence electrons. The Morgan fingerprint density at radius 2 is 2.00 bits per heavy atom. The summed E-state index contributed by atoms with van der Waals surface area (Å²) < 4.78 is 0. The van der Waals surface area contributed by atoms with Crippen LogP contribution in [0.15, 0.2) is 42.5 Å². The average molecular weight is 403 g/mol. The van der Waals surface area contributed by atoms with Crippen LogP contribution in [0.3, 0.4) is 0 Å². The van der Waals surface area contributed by atoms with Crippen molar-refractivity contribution >= 4 is 22.6 Å². The van der Waals surface area contributed by atoms with Crippen LogP contribution in [0.4, 0.5) is 5.69 Å². The Labute approximate surface area is 175 Å². The number of carbonyl (C=O) groups is 1. The predicted molar refractivity (Wildman–Crippen MR) is 117 cm³/mol. The number of aromatic amines is 1. The molecule has 2 heterocycles. The third kappa shape index (κ3) is 4.61. The number of imidazole rings is 1. The van der Waals surface area contributed by atoms with Crippen LogP contribution in [0, 0.1) is 11.3 Å². The van der Waals surface area contributed by atoms with Crippen LogP contribution in [-0.4, -0.2) is 40.4 Å². The maximum absolute atomic E-state index is 12.4. The van der Waals surface area contributed by atoms with E-state index in [1.165, 1.54) is 0 Å². The van der Waals surface area contributed by atoms with Gasteiger partial charge in [0.15, 0.2) is 0 Å². The number of nitrogens with zero attached hydrogens (tertiary/aromatic N) is 3. The highest BCUT2D eigenvalue weighted by molar-refractivity contribution is 5.79. The van der Waals surface area contributed by atoms with Gasteiger partial charge >= 0.3 is 0 Å². The molecule has 1 aromatic heterocycles. The van der Waals surface area contributed by atoms with Crippen LogP contribution in [0.2, 0.25) is 0 Å². The molecular formula is C23H26N6O. The summed E-state index contributed by atoms with van der Waals surface area (Å²) in [5.74, 6) is 1.03. The molecule has 30 heavy (non-hydrogen) atoms. The monoisotopic (exact) mass is 402 g/mol. The van der Waals surface area contributed by atoms with Gasteiger partial charge in [0.1, 0.15) is 5.82 Å². The average Bonchev–Trinajstić information content (AvgIpc) is 3.43. The van der Waals surface area contributed by atoms with Gasteiger partial charge in [0.2, 0.25) is 5.91 Å². The van der Waals surface area contributed by atoms with Crippen molar-refractivity contribution in [3.63, 3.8) is 0 Å². The summed E-state index contributed by atoms with van der Waals surface area (Å²) in [6.45, 7) is 2.43. The number of H-pyrrole nitrogens is 1.